The molecule has 34 heavy (non-hydrogen) atoms. The van der Waals surface area contributed by atoms with Gasteiger partial charge in [0.15, 0.2) is 5.78 Å². The number of hydrogen-bond donors (Lipinski definition) is 0. The molecule has 7 heteroatoms. The SMILES string of the molecule is COC(=O)C[C@H]1[C@@]2(C)C3=C(C)[C@H](c4ccoc4)C[C@H]3O[C@@H]2[C@H]2OC(=O)[C@]3(C)C=CC(=O)[C@@]1(C)[C@H]23. The first-order valence-electron chi connectivity index (χ1n) is 12.0. The van der Waals surface area contributed by atoms with E-state index >= 15 is 0 Å². The minimum Gasteiger partial charge on any atom is -0.472 e. The summed E-state index contributed by atoms with van der Waals surface area (Å²) in [6, 6.07) is 1.97. The Kier molecular flexibility index (Phi) is 4.31. The molecule has 0 unspecified atom stereocenters. The second-order valence-corrected chi connectivity index (χ2v) is 11.2. The zero-order valence-corrected chi connectivity index (χ0v) is 20.1. The monoisotopic (exact) mass is 466 g/mol. The zero-order chi connectivity index (χ0) is 24.2. The molecule has 3 aliphatic carbocycles. The van der Waals surface area contributed by atoms with Gasteiger partial charge in [-0.1, -0.05) is 25.5 Å². The van der Waals surface area contributed by atoms with Crippen LogP contribution in [0.5, 0.6) is 0 Å². The van der Waals surface area contributed by atoms with Crippen molar-refractivity contribution < 1.29 is 33.0 Å². The largest absolute Gasteiger partial charge is 0.472 e. The van der Waals surface area contributed by atoms with E-state index in [0.717, 1.165) is 17.6 Å². The number of furan rings is 1. The molecule has 0 bridgehead atoms. The second kappa shape index (κ2) is 6.72. The van der Waals surface area contributed by atoms with Crippen LogP contribution in [0.4, 0.5) is 0 Å². The molecule has 2 aliphatic heterocycles. The number of ether oxygens (including phenoxy) is 3. The van der Waals surface area contributed by atoms with Gasteiger partial charge in [-0.25, -0.2) is 0 Å². The maximum Gasteiger partial charge on any atom is 0.316 e. The molecule has 5 aliphatic rings. The quantitative estimate of drug-likeness (QED) is 0.495. The molecule has 1 aromatic heterocycles. The Morgan fingerprint density at radius 1 is 1.21 bits per heavy atom. The first-order valence-corrected chi connectivity index (χ1v) is 12.0. The van der Waals surface area contributed by atoms with Gasteiger partial charge in [0, 0.05) is 22.7 Å². The van der Waals surface area contributed by atoms with E-state index in [0.29, 0.717) is 0 Å². The molecule has 6 rings (SSSR count). The van der Waals surface area contributed by atoms with Gasteiger partial charge in [-0.3, -0.25) is 14.4 Å². The molecule has 0 spiro atoms. The van der Waals surface area contributed by atoms with E-state index in [9.17, 15) is 14.4 Å². The first-order chi connectivity index (χ1) is 16.1. The summed E-state index contributed by atoms with van der Waals surface area (Å²) in [5.74, 6) is -1.46. The topological polar surface area (TPSA) is 92.0 Å². The van der Waals surface area contributed by atoms with Gasteiger partial charge >= 0.3 is 11.9 Å². The number of carbonyl (C=O) groups is 3. The lowest BCUT2D eigenvalue weighted by molar-refractivity contribution is -0.190. The molecule has 2 saturated heterocycles. The Morgan fingerprint density at radius 3 is 2.65 bits per heavy atom. The number of carbonyl (C=O) groups excluding carboxylic acids is 3. The van der Waals surface area contributed by atoms with E-state index in [4.69, 9.17) is 18.6 Å². The first kappa shape index (κ1) is 21.8. The third-order valence-electron chi connectivity index (χ3n) is 9.91. The van der Waals surface area contributed by atoms with E-state index < -0.39 is 40.3 Å². The Morgan fingerprint density at radius 2 is 1.97 bits per heavy atom. The van der Waals surface area contributed by atoms with Crippen LogP contribution in [0.15, 0.2) is 46.3 Å². The summed E-state index contributed by atoms with van der Waals surface area (Å²) in [4.78, 5) is 39.6. The van der Waals surface area contributed by atoms with Gasteiger partial charge in [-0.2, -0.15) is 0 Å². The summed E-state index contributed by atoms with van der Waals surface area (Å²) < 4.78 is 23.2. The summed E-state index contributed by atoms with van der Waals surface area (Å²) in [7, 11) is 1.37. The molecule has 0 aromatic carbocycles. The van der Waals surface area contributed by atoms with Crippen molar-refractivity contribution in [2.45, 2.75) is 64.8 Å². The molecule has 0 N–H and O–H groups in total. The fourth-order valence-electron chi connectivity index (χ4n) is 8.41. The normalized spacial score (nSPS) is 46.3. The highest BCUT2D eigenvalue weighted by atomic mass is 16.6. The summed E-state index contributed by atoms with van der Waals surface area (Å²) in [6.45, 7) is 7.96. The van der Waals surface area contributed by atoms with Gasteiger partial charge in [-0.15, -0.1) is 0 Å². The number of fused-ring (bicyclic) bond motifs is 4. The molecule has 3 heterocycles. The van der Waals surface area contributed by atoms with Crippen molar-refractivity contribution in [2.75, 3.05) is 7.11 Å². The fourth-order valence-corrected chi connectivity index (χ4v) is 8.41. The summed E-state index contributed by atoms with van der Waals surface area (Å²) in [5.41, 5.74) is 0.794. The van der Waals surface area contributed by atoms with Gasteiger partial charge in [0.05, 0.1) is 37.6 Å². The Balaban J connectivity index is 1.58. The molecule has 1 saturated carbocycles. The average Bonchev–Trinajstić information content (AvgIpc) is 3.54. The minimum atomic E-state index is -0.987. The van der Waals surface area contributed by atoms with E-state index in [1.54, 1.807) is 18.6 Å². The van der Waals surface area contributed by atoms with Crippen LogP contribution in [-0.2, 0) is 28.6 Å². The molecular formula is C27H30O7. The fraction of sp³-hybridized carbons (Fsp3) is 0.593. The number of hydrogen-bond acceptors (Lipinski definition) is 7. The number of methoxy groups -OCH3 is 1. The Labute approximate surface area is 198 Å². The van der Waals surface area contributed by atoms with Crippen molar-refractivity contribution in [1.82, 2.24) is 0 Å². The Hall–Kier alpha value is -2.67. The average molecular weight is 467 g/mol. The van der Waals surface area contributed by atoms with Crippen LogP contribution < -0.4 is 0 Å². The molecule has 1 aromatic rings. The van der Waals surface area contributed by atoms with E-state index in [2.05, 4.69) is 13.8 Å². The third kappa shape index (κ3) is 2.34. The van der Waals surface area contributed by atoms with E-state index in [1.165, 1.54) is 18.8 Å². The maximum atomic E-state index is 13.7. The number of rotatable bonds is 3. The lowest BCUT2D eigenvalue weighted by Crippen LogP contribution is -2.66. The van der Waals surface area contributed by atoms with Gasteiger partial charge in [0.2, 0.25) is 0 Å². The summed E-state index contributed by atoms with van der Waals surface area (Å²) in [6.07, 6.45) is 6.29. The molecule has 180 valence electrons. The standard InChI is InChI=1S/C27H30O7/c1-13-15(14-7-9-32-12-14)10-16-20(13)27(4)17(11-19(29)31-5)26(3)18(28)6-8-25(2)22(26)21(23(27)33-16)34-24(25)30/h6-9,12,15-17,21-23H,10-11H2,1-5H3/t15-,16-,17-,21+,22-,23-,25-,26+,27+/m1/s1. The van der Waals surface area contributed by atoms with Crippen molar-refractivity contribution in [3.8, 4) is 0 Å². The summed E-state index contributed by atoms with van der Waals surface area (Å²) >= 11 is 0. The summed E-state index contributed by atoms with van der Waals surface area (Å²) in [5, 5.41) is 0. The number of esters is 2. The lowest BCUT2D eigenvalue weighted by Gasteiger charge is -2.59. The van der Waals surface area contributed by atoms with Crippen molar-refractivity contribution in [3.05, 3.63) is 47.5 Å². The second-order valence-electron chi connectivity index (χ2n) is 11.2. The van der Waals surface area contributed by atoms with Crippen molar-refractivity contribution >= 4 is 17.7 Å². The highest BCUT2D eigenvalue weighted by molar-refractivity contribution is 6.00. The van der Waals surface area contributed by atoms with Crippen molar-refractivity contribution in [2.24, 2.45) is 28.1 Å². The molecule has 9 atom stereocenters. The van der Waals surface area contributed by atoms with E-state index in [-0.39, 0.29) is 36.2 Å². The highest BCUT2D eigenvalue weighted by Gasteiger charge is 2.77. The third-order valence-corrected chi connectivity index (χ3v) is 9.91. The van der Waals surface area contributed by atoms with Gasteiger partial charge in [-0.05, 0) is 49.5 Å². The van der Waals surface area contributed by atoms with Crippen LogP contribution in [0.2, 0.25) is 0 Å². The molecule has 0 radical (unpaired) electrons. The molecule has 0 amide bonds. The predicted molar refractivity (Wildman–Crippen MR) is 119 cm³/mol. The predicted octanol–water partition coefficient (Wildman–Crippen LogP) is 3.74. The van der Waals surface area contributed by atoms with Crippen LogP contribution in [0.25, 0.3) is 0 Å². The van der Waals surface area contributed by atoms with Crippen LogP contribution in [0.3, 0.4) is 0 Å². The highest BCUT2D eigenvalue weighted by Crippen LogP contribution is 2.72. The van der Waals surface area contributed by atoms with Gasteiger partial charge < -0.3 is 18.6 Å². The van der Waals surface area contributed by atoms with Crippen LogP contribution in [-0.4, -0.2) is 43.1 Å². The maximum absolute atomic E-state index is 13.7. The molecular weight excluding hydrogens is 436 g/mol. The van der Waals surface area contributed by atoms with Crippen LogP contribution >= 0.6 is 0 Å². The minimum absolute atomic E-state index is 0.0658. The van der Waals surface area contributed by atoms with E-state index in [1.807, 2.05) is 19.9 Å². The van der Waals surface area contributed by atoms with Crippen LogP contribution in [0.1, 0.15) is 52.0 Å². The smallest absolute Gasteiger partial charge is 0.316 e. The number of ketones is 1. The van der Waals surface area contributed by atoms with Gasteiger partial charge in [0.1, 0.15) is 12.2 Å². The zero-order valence-electron chi connectivity index (χ0n) is 20.1. The van der Waals surface area contributed by atoms with Crippen LogP contribution in [0, 0.1) is 28.1 Å². The lowest BCUT2D eigenvalue weighted by atomic mass is 9.42. The van der Waals surface area contributed by atoms with Crippen molar-refractivity contribution in [3.63, 3.8) is 0 Å². The van der Waals surface area contributed by atoms with Gasteiger partial charge in [0.25, 0.3) is 0 Å². The Bertz CT molecular complexity index is 1160. The van der Waals surface area contributed by atoms with Crippen molar-refractivity contribution in [1.29, 1.82) is 0 Å². The molecule has 3 fully saturated rings. The number of allylic oxidation sites excluding steroid dienone is 2. The molecule has 7 nitrogen and oxygen atoms in total.